The molecule has 0 aliphatic carbocycles. The van der Waals surface area contributed by atoms with Crippen molar-refractivity contribution in [3.05, 3.63) is 56.7 Å². The molecule has 1 aromatic heterocycles. The number of nitro groups is 1. The van der Waals surface area contributed by atoms with Crippen LogP contribution in [0.2, 0.25) is 0 Å². The van der Waals surface area contributed by atoms with E-state index in [1.165, 1.54) is 42.8 Å². The number of aromatic nitrogens is 1. The summed E-state index contributed by atoms with van der Waals surface area (Å²) in [6.45, 7) is 2.81. The van der Waals surface area contributed by atoms with E-state index in [9.17, 15) is 10.1 Å². The van der Waals surface area contributed by atoms with E-state index >= 15 is 0 Å². The molecular weight excluding hydrogens is 372 g/mol. The normalized spacial score (nSPS) is 14.5. The topological polar surface area (TPSA) is 71.3 Å². The molecule has 3 rings (SSSR count). The van der Waals surface area contributed by atoms with Gasteiger partial charge in [-0.05, 0) is 46.8 Å². The first-order valence-corrected chi connectivity index (χ1v) is 8.81. The first-order chi connectivity index (χ1) is 11.6. The Morgan fingerprint density at radius 2 is 2.00 bits per heavy atom. The minimum atomic E-state index is -0.451. The minimum Gasteiger partial charge on any atom is -0.371 e. The Bertz CT molecular complexity index is 732. The first kappa shape index (κ1) is 16.7. The molecule has 24 heavy (non-hydrogen) atoms. The largest absolute Gasteiger partial charge is 0.371 e. The third-order valence-electron chi connectivity index (χ3n) is 4.17. The van der Waals surface area contributed by atoms with Crippen LogP contribution in [0.3, 0.4) is 0 Å². The van der Waals surface area contributed by atoms with E-state index < -0.39 is 4.92 Å². The van der Waals surface area contributed by atoms with Gasteiger partial charge in [0.05, 0.1) is 9.40 Å². The number of para-hydroxylation sites is 1. The Kier molecular flexibility index (Phi) is 5.30. The summed E-state index contributed by atoms with van der Waals surface area (Å²) in [5.41, 5.74) is 2.43. The second-order valence-electron chi connectivity index (χ2n) is 5.81. The van der Waals surface area contributed by atoms with Crippen LogP contribution < -0.4 is 10.2 Å². The van der Waals surface area contributed by atoms with Gasteiger partial charge in [0.25, 0.3) is 5.69 Å². The van der Waals surface area contributed by atoms with E-state index in [2.05, 4.69) is 49.3 Å². The predicted molar refractivity (Wildman–Crippen MR) is 98.4 cm³/mol. The van der Waals surface area contributed by atoms with Crippen LogP contribution in [0.1, 0.15) is 24.8 Å². The van der Waals surface area contributed by atoms with Gasteiger partial charge in [-0.15, -0.1) is 0 Å². The highest BCUT2D eigenvalue weighted by molar-refractivity contribution is 9.10. The Hall–Kier alpha value is -2.15. The average molecular weight is 391 g/mol. The van der Waals surface area contributed by atoms with Crippen LogP contribution in [0.25, 0.3) is 0 Å². The lowest BCUT2D eigenvalue weighted by Crippen LogP contribution is -2.30. The van der Waals surface area contributed by atoms with Gasteiger partial charge in [-0.25, -0.2) is 4.98 Å². The smallest absolute Gasteiger partial charge is 0.288 e. The molecule has 126 valence electrons. The molecule has 1 aromatic carbocycles. The van der Waals surface area contributed by atoms with Gasteiger partial charge in [-0.1, -0.05) is 18.2 Å². The van der Waals surface area contributed by atoms with E-state index in [4.69, 9.17) is 0 Å². The van der Waals surface area contributed by atoms with Gasteiger partial charge in [0, 0.05) is 31.4 Å². The predicted octanol–water partition coefficient (Wildman–Crippen LogP) is 4.35. The number of halogens is 1. The van der Waals surface area contributed by atoms with Crippen LogP contribution in [0.4, 0.5) is 17.2 Å². The lowest BCUT2D eigenvalue weighted by Gasteiger charge is -2.30. The summed E-state index contributed by atoms with van der Waals surface area (Å²) in [5, 5.41) is 14.0. The molecule has 1 aliphatic rings. The van der Waals surface area contributed by atoms with Gasteiger partial charge in [0.2, 0.25) is 0 Å². The summed E-state index contributed by atoms with van der Waals surface area (Å²) in [5.74, 6) is 0.606. The van der Waals surface area contributed by atoms with Gasteiger partial charge < -0.3 is 10.2 Å². The maximum absolute atomic E-state index is 10.8. The van der Waals surface area contributed by atoms with Crippen molar-refractivity contribution in [3.8, 4) is 0 Å². The monoisotopic (exact) mass is 390 g/mol. The maximum atomic E-state index is 10.8. The summed E-state index contributed by atoms with van der Waals surface area (Å²) in [7, 11) is 0. The van der Waals surface area contributed by atoms with Crippen LogP contribution in [-0.4, -0.2) is 23.0 Å². The van der Waals surface area contributed by atoms with E-state index in [0.29, 0.717) is 16.8 Å². The van der Waals surface area contributed by atoms with Gasteiger partial charge in [0.15, 0.2) is 0 Å². The van der Waals surface area contributed by atoms with E-state index in [1.54, 1.807) is 0 Å². The van der Waals surface area contributed by atoms with E-state index in [0.717, 1.165) is 13.1 Å². The quantitative estimate of drug-likeness (QED) is 0.606. The molecule has 0 spiro atoms. The highest BCUT2D eigenvalue weighted by atomic mass is 79.9. The molecule has 1 N–H and O–H groups in total. The van der Waals surface area contributed by atoms with Gasteiger partial charge in [0.1, 0.15) is 12.0 Å². The molecule has 2 aromatic rings. The fraction of sp³-hybridized carbons (Fsp3) is 0.353. The van der Waals surface area contributed by atoms with Crippen LogP contribution in [0.5, 0.6) is 0 Å². The van der Waals surface area contributed by atoms with Crippen LogP contribution in [-0.2, 0) is 6.54 Å². The third kappa shape index (κ3) is 3.84. The minimum absolute atomic E-state index is 0.0267. The molecule has 0 unspecified atom stereocenters. The molecule has 0 saturated carbocycles. The number of rotatable bonds is 5. The molecule has 1 saturated heterocycles. The number of nitrogens with zero attached hydrogens (tertiary/aromatic N) is 3. The zero-order valence-electron chi connectivity index (χ0n) is 13.2. The Balaban J connectivity index is 1.74. The van der Waals surface area contributed by atoms with Crippen LogP contribution >= 0.6 is 15.9 Å². The Morgan fingerprint density at radius 3 is 2.71 bits per heavy atom. The number of hydrogen-bond donors (Lipinski definition) is 1. The molecular formula is C17H19BrN4O2. The number of benzene rings is 1. The van der Waals surface area contributed by atoms with Crippen molar-refractivity contribution in [2.45, 2.75) is 25.8 Å². The van der Waals surface area contributed by atoms with E-state index in [1.807, 2.05) is 6.07 Å². The highest BCUT2D eigenvalue weighted by Crippen LogP contribution is 2.27. The van der Waals surface area contributed by atoms with Crippen molar-refractivity contribution in [2.75, 3.05) is 23.3 Å². The fourth-order valence-corrected chi connectivity index (χ4v) is 3.42. The summed E-state index contributed by atoms with van der Waals surface area (Å²) in [6, 6.07) is 9.82. The van der Waals surface area contributed by atoms with Crippen molar-refractivity contribution in [2.24, 2.45) is 0 Å². The number of piperidine rings is 1. The van der Waals surface area contributed by atoms with Crippen molar-refractivity contribution in [3.63, 3.8) is 0 Å². The van der Waals surface area contributed by atoms with Crippen LogP contribution in [0, 0.1) is 10.1 Å². The van der Waals surface area contributed by atoms with Gasteiger partial charge in [-0.2, -0.15) is 0 Å². The zero-order valence-corrected chi connectivity index (χ0v) is 14.8. The van der Waals surface area contributed by atoms with Gasteiger partial charge in [-0.3, -0.25) is 10.1 Å². The molecule has 7 heteroatoms. The number of nitrogens with one attached hydrogen (secondary N) is 1. The number of pyridine rings is 1. The molecule has 0 atom stereocenters. The number of anilines is 2. The highest BCUT2D eigenvalue weighted by Gasteiger charge is 2.15. The Morgan fingerprint density at radius 1 is 1.25 bits per heavy atom. The molecule has 1 aliphatic heterocycles. The lowest BCUT2D eigenvalue weighted by molar-refractivity contribution is -0.385. The molecule has 0 amide bonds. The number of hydrogen-bond acceptors (Lipinski definition) is 5. The molecule has 6 nitrogen and oxygen atoms in total. The summed E-state index contributed by atoms with van der Waals surface area (Å²) in [4.78, 5) is 16.9. The maximum Gasteiger partial charge on any atom is 0.288 e. The van der Waals surface area contributed by atoms with Gasteiger partial charge >= 0.3 is 0 Å². The lowest BCUT2D eigenvalue weighted by atomic mass is 10.1. The summed E-state index contributed by atoms with van der Waals surface area (Å²) in [6.07, 6.45) is 5.04. The van der Waals surface area contributed by atoms with Crippen molar-refractivity contribution in [1.29, 1.82) is 0 Å². The second-order valence-corrected chi connectivity index (χ2v) is 6.67. The Labute approximate surface area is 149 Å². The summed E-state index contributed by atoms with van der Waals surface area (Å²) < 4.78 is 0.590. The van der Waals surface area contributed by atoms with E-state index in [-0.39, 0.29) is 5.69 Å². The third-order valence-corrected chi connectivity index (χ3v) is 4.78. The van der Waals surface area contributed by atoms with Crippen molar-refractivity contribution < 1.29 is 4.92 Å². The van der Waals surface area contributed by atoms with Crippen LogP contribution in [0.15, 0.2) is 41.0 Å². The molecule has 0 bridgehead atoms. The molecule has 1 fully saturated rings. The summed E-state index contributed by atoms with van der Waals surface area (Å²) >= 11 is 3.34. The zero-order chi connectivity index (χ0) is 16.9. The second kappa shape index (κ2) is 7.61. The fourth-order valence-electron chi connectivity index (χ4n) is 2.94. The van der Waals surface area contributed by atoms with Crippen molar-refractivity contribution in [1.82, 2.24) is 4.98 Å². The average Bonchev–Trinajstić information content (AvgIpc) is 2.61. The molecule has 2 heterocycles. The molecule has 0 radical (unpaired) electrons. The standard InChI is InChI=1S/C17H19BrN4O2/c18-15-10-14(22(23)24)12-20-17(15)19-11-13-6-2-3-7-16(13)21-8-4-1-5-9-21/h2-3,6-7,10,12H,1,4-5,8-9,11H2,(H,19,20). The first-order valence-electron chi connectivity index (χ1n) is 8.02. The van der Waals surface area contributed by atoms with Crippen molar-refractivity contribution >= 4 is 33.1 Å². The SMILES string of the molecule is O=[N+]([O-])c1cnc(NCc2ccccc2N2CCCCC2)c(Br)c1.